The molecule has 0 saturated carbocycles. The van der Waals surface area contributed by atoms with Gasteiger partial charge in [-0.25, -0.2) is 0 Å². The van der Waals surface area contributed by atoms with Gasteiger partial charge in [-0.15, -0.1) is 0 Å². The number of phenols is 1. The molecule has 0 bridgehead atoms. The van der Waals surface area contributed by atoms with Crippen LogP contribution in [0.5, 0.6) is 11.5 Å². The molecule has 168 valence electrons. The van der Waals surface area contributed by atoms with Crippen LogP contribution in [-0.2, 0) is 0 Å². The summed E-state index contributed by atoms with van der Waals surface area (Å²) < 4.78 is 5.95. The van der Waals surface area contributed by atoms with Gasteiger partial charge in [-0.2, -0.15) is 5.10 Å². The van der Waals surface area contributed by atoms with Crippen LogP contribution < -0.4 is 4.74 Å². The number of aromatic hydroxyl groups is 1. The molecule has 0 aliphatic carbocycles. The third-order valence-electron chi connectivity index (χ3n) is 5.77. The van der Waals surface area contributed by atoms with Gasteiger partial charge in [-0.3, -0.25) is 9.89 Å². The first-order valence-electron chi connectivity index (χ1n) is 11.2. The maximum absolute atomic E-state index is 13.2. The fraction of sp³-hybridized carbons (Fsp3) is 0.360. The molecule has 7 heteroatoms. The van der Waals surface area contributed by atoms with Gasteiger partial charge in [0.25, 0.3) is 5.91 Å². The molecule has 3 N–H and O–H groups in total. The quantitative estimate of drug-likeness (QED) is 0.413. The van der Waals surface area contributed by atoms with Crippen molar-refractivity contribution in [1.29, 1.82) is 0 Å². The van der Waals surface area contributed by atoms with Crippen molar-refractivity contribution in [3.63, 3.8) is 0 Å². The summed E-state index contributed by atoms with van der Waals surface area (Å²) in [6.45, 7) is 3.21. The minimum Gasteiger partial charge on any atom is -0.507 e. The van der Waals surface area contributed by atoms with Crippen LogP contribution in [0.1, 0.15) is 60.3 Å². The molecule has 1 aliphatic heterocycles. The Hall–Kier alpha value is -3.32. The molecule has 1 aliphatic rings. The van der Waals surface area contributed by atoms with Gasteiger partial charge in [-0.1, -0.05) is 44.0 Å². The van der Waals surface area contributed by atoms with Gasteiger partial charge in [0.1, 0.15) is 22.9 Å². The van der Waals surface area contributed by atoms with Crippen LogP contribution in [0, 0.1) is 0 Å². The summed E-state index contributed by atoms with van der Waals surface area (Å²) in [4.78, 5) is 15.0. The van der Waals surface area contributed by atoms with Crippen molar-refractivity contribution >= 4 is 5.91 Å². The summed E-state index contributed by atoms with van der Waals surface area (Å²) in [5.74, 6) is 0.700. The van der Waals surface area contributed by atoms with Gasteiger partial charge < -0.3 is 19.8 Å². The van der Waals surface area contributed by atoms with E-state index in [0.29, 0.717) is 36.5 Å². The minimum absolute atomic E-state index is 0.00437. The molecule has 2 heterocycles. The number of amides is 1. The number of carbonyl (C=O) groups excluding carboxylic acids is 1. The molecule has 2 aromatic carbocycles. The van der Waals surface area contributed by atoms with Gasteiger partial charge >= 0.3 is 0 Å². The summed E-state index contributed by atoms with van der Waals surface area (Å²) in [5.41, 5.74) is 3.18. The summed E-state index contributed by atoms with van der Waals surface area (Å²) in [6, 6.07) is 14.4. The van der Waals surface area contributed by atoms with Crippen LogP contribution in [0.25, 0.3) is 11.3 Å². The zero-order valence-corrected chi connectivity index (χ0v) is 18.3. The lowest BCUT2D eigenvalue weighted by molar-refractivity contribution is 0.0732. The van der Waals surface area contributed by atoms with Crippen molar-refractivity contribution in [3.05, 3.63) is 65.4 Å². The smallest absolute Gasteiger partial charge is 0.273 e. The second-order valence-corrected chi connectivity index (χ2v) is 7.98. The number of aromatic amines is 1. The van der Waals surface area contributed by atoms with Crippen molar-refractivity contribution < 1.29 is 19.7 Å². The fourth-order valence-electron chi connectivity index (χ4n) is 4.21. The van der Waals surface area contributed by atoms with Gasteiger partial charge in [0.2, 0.25) is 0 Å². The first kappa shape index (κ1) is 21.9. The summed E-state index contributed by atoms with van der Waals surface area (Å²) in [6.07, 6.45) is 3.72. The first-order chi connectivity index (χ1) is 15.7. The number of phenolic OH excluding ortho intramolecular Hbond substituents is 1. The third kappa shape index (κ3) is 4.21. The van der Waals surface area contributed by atoms with Crippen LogP contribution in [0.4, 0.5) is 0 Å². The van der Waals surface area contributed by atoms with Crippen LogP contribution in [-0.4, -0.2) is 51.0 Å². The van der Waals surface area contributed by atoms with E-state index in [2.05, 4.69) is 17.1 Å². The van der Waals surface area contributed by atoms with Crippen LogP contribution in [0.3, 0.4) is 0 Å². The van der Waals surface area contributed by atoms with Crippen LogP contribution >= 0.6 is 0 Å². The number of para-hydroxylation sites is 1. The zero-order valence-electron chi connectivity index (χ0n) is 18.3. The maximum atomic E-state index is 13.2. The average molecular weight is 436 g/mol. The van der Waals surface area contributed by atoms with E-state index in [1.54, 1.807) is 23.1 Å². The molecule has 0 fully saturated rings. The van der Waals surface area contributed by atoms with E-state index in [1.807, 2.05) is 30.3 Å². The van der Waals surface area contributed by atoms with Crippen molar-refractivity contribution in [2.45, 2.75) is 38.6 Å². The molecule has 0 unspecified atom stereocenters. The molecule has 0 saturated heterocycles. The maximum Gasteiger partial charge on any atom is 0.273 e. The van der Waals surface area contributed by atoms with E-state index in [4.69, 9.17) is 4.74 Å². The normalized spacial score (nSPS) is 15.2. The molecule has 1 aromatic heterocycles. The number of unbranched alkanes of at least 4 members (excludes halogenated alkanes) is 2. The van der Waals surface area contributed by atoms with Crippen molar-refractivity contribution in [3.8, 4) is 22.8 Å². The molecule has 7 nitrogen and oxygen atoms in total. The number of benzene rings is 2. The SMILES string of the molecule is CCCCCOc1cccc([C@H]2c3c(-c4ccccc4O)n[nH]c3C(=O)N2CCCO)c1. The number of aromatic nitrogens is 2. The van der Waals surface area contributed by atoms with Crippen LogP contribution in [0.15, 0.2) is 48.5 Å². The highest BCUT2D eigenvalue weighted by atomic mass is 16.5. The number of hydrogen-bond acceptors (Lipinski definition) is 5. The topological polar surface area (TPSA) is 98.7 Å². The van der Waals surface area contributed by atoms with E-state index in [1.165, 1.54) is 0 Å². The second kappa shape index (κ2) is 9.87. The predicted molar refractivity (Wildman–Crippen MR) is 122 cm³/mol. The zero-order chi connectivity index (χ0) is 22.5. The van der Waals surface area contributed by atoms with E-state index < -0.39 is 6.04 Å². The Kier molecular flexibility index (Phi) is 6.75. The Bertz CT molecular complexity index is 1080. The largest absolute Gasteiger partial charge is 0.507 e. The van der Waals surface area contributed by atoms with Gasteiger partial charge in [0.05, 0.1) is 12.6 Å². The number of nitrogens with one attached hydrogen (secondary N) is 1. The number of rotatable bonds is 10. The minimum atomic E-state index is -0.392. The summed E-state index contributed by atoms with van der Waals surface area (Å²) in [5, 5.41) is 27.1. The van der Waals surface area contributed by atoms with E-state index in [-0.39, 0.29) is 18.3 Å². The average Bonchev–Trinajstić information content (AvgIpc) is 3.34. The first-order valence-corrected chi connectivity index (χ1v) is 11.2. The summed E-state index contributed by atoms with van der Waals surface area (Å²) >= 11 is 0. The molecular formula is C25H29N3O4. The number of carbonyl (C=O) groups is 1. The highest BCUT2D eigenvalue weighted by molar-refractivity contribution is 6.00. The van der Waals surface area contributed by atoms with Gasteiger partial charge in [0, 0.05) is 24.3 Å². The number of ether oxygens (including phenoxy) is 1. The number of hydrogen-bond donors (Lipinski definition) is 3. The predicted octanol–water partition coefficient (Wildman–Crippen LogP) is 4.28. The Balaban J connectivity index is 1.74. The van der Waals surface area contributed by atoms with Gasteiger partial charge in [-0.05, 0) is 42.7 Å². The summed E-state index contributed by atoms with van der Waals surface area (Å²) in [7, 11) is 0. The number of nitrogens with zero attached hydrogens (tertiary/aromatic N) is 2. The Morgan fingerprint density at radius 2 is 1.97 bits per heavy atom. The fourth-order valence-corrected chi connectivity index (χ4v) is 4.21. The Morgan fingerprint density at radius 1 is 1.12 bits per heavy atom. The van der Waals surface area contributed by atoms with E-state index >= 15 is 0 Å². The highest BCUT2D eigenvalue weighted by Crippen LogP contribution is 2.44. The van der Waals surface area contributed by atoms with Crippen LogP contribution in [0.2, 0.25) is 0 Å². The van der Waals surface area contributed by atoms with Crippen molar-refractivity contribution in [2.24, 2.45) is 0 Å². The number of H-pyrrole nitrogens is 1. The van der Waals surface area contributed by atoms with E-state index in [0.717, 1.165) is 36.1 Å². The monoisotopic (exact) mass is 435 g/mol. The molecular weight excluding hydrogens is 406 g/mol. The molecule has 0 radical (unpaired) electrons. The molecule has 32 heavy (non-hydrogen) atoms. The lowest BCUT2D eigenvalue weighted by Gasteiger charge is -2.26. The molecule has 3 aromatic rings. The molecule has 4 rings (SSSR count). The third-order valence-corrected chi connectivity index (χ3v) is 5.77. The molecule has 1 amide bonds. The second-order valence-electron chi connectivity index (χ2n) is 7.98. The molecule has 0 spiro atoms. The van der Waals surface area contributed by atoms with Crippen molar-refractivity contribution in [1.82, 2.24) is 15.1 Å². The molecule has 1 atom stereocenters. The van der Waals surface area contributed by atoms with Crippen molar-refractivity contribution in [2.75, 3.05) is 19.8 Å². The Labute approximate surface area is 187 Å². The Morgan fingerprint density at radius 3 is 2.75 bits per heavy atom. The van der Waals surface area contributed by atoms with E-state index in [9.17, 15) is 15.0 Å². The lowest BCUT2D eigenvalue weighted by atomic mass is 9.95. The number of fused-ring (bicyclic) bond motifs is 1. The number of aliphatic hydroxyl groups excluding tert-OH is 1. The lowest BCUT2D eigenvalue weighted by Crippen LogP contribution is -2.31. The highest BCUT2D eigenvalue weighted by Gasteiger charge is 2.42. The standard InChI is InChI=1S/C25H29N3O4/c1-2-3-6-15-32-18-10-7-9-17(16-18)24-21-22(19-11-4-5-12-20(19)30)26-27-23(21)25(31)28(24)13-8-14-29/h4-5,7,9-12,16,24,29-30H,2-3,6,8,13-15H2,1H3,(H,26,27)/t24-/m0/s1. The number of aliphatic hydroxyl groups is 1. The van der Waals surface area contributed by atoms with Gasteiger partial charge in [0.15, 0.2) is 0 Å².